The molecule has 6 nitrogen and oxygen atoms in total. The predicted molar refractivity (Wildman–Crippen MR) is 121 cm³/mol. The van der Waals surface area contributed by atoms with Gasteiger partial charge in [0.2, 0.25) is 5.91 Å². The first-order valence-electron chi connectivity index (χ1n) is 11.3. The highest BCUT2D eigenvalue weighted by Gasteiger charge is 2.43. The zero-order chi connectivity index (χ0) is 22.1. The molecule has 0 saturated carbocycles. The normalized spacial score (nSPS) is 25.0. The number of likely N-dealkylation sites (tertiary alicyclic amines) is 1. The second-order valence-electron chi connectivity index (χ2n) is 9.08. The van der Waals surface area contributed by atoms with Crippen LogP contribution in [0.3, 0.4) is 0 Å². The van der Waals surface area contributed by atoms with E-state index in [2.05, 4.69) is 56.9 Å². The maximum Gasteiger partial charge on any atom is 0.267 e. The van der Waals surface area contributed by atoms with E-state index in [1.807, 2.05) is 12.1 Å². The van der Waals surface area contributed by atoms with E-state index in [0.717, 1.165) is 38.2 Å². The van der Waals surface area contributed by atoms with Gasteiger partial charge in [-0.15, -0.1) is 0 Å². The lowest BCUT2D eigenvalue weighted by molar-refractivity contribution is -0.133. The van der Waals surface area contributed by atoms with Gasteiger partial charge in [-0.2, -0.15) is 0 Å². The second kappa shape index (κ2) is 8.71. The number of fused-ring (bicyclic) bond motifs is 2. The number of carbonyl (C=O) groups is 2. The lowest BCUT2D eigenvalue weighted by Gasteiger charge is -2.38. The molecule has 5 rings (SSSR count). The Hall–Kier alpha value is -2.64. The lowest BCUT2D eigenvalue weighted by Crippen LogP contribution is -2.43. The van der Waals surface area contributed by atoms with Crippen LogP contribution in [0.1, 0.15) is 36.8 Å². The highest BCUT2D eigenvalue weighted by Crippen LogP contribution is 2.47. The van der Waals surface area contributed by atoms with E-state index < -0.39 is 12.0 Å². The first-order chi connectivity index (χ1) is 15.5. The van der Waals surface area contributed by atoms with Crippen LogP contribution >= 0.6 is 0 Å². The van der Waals surface area contributed by atoms with Crippen molar-refractivity contribution in [2.24, 2.45) is 0 Å². The van der Waals surface area contributed by atoms with Crippen molar-refractivity contribution < 1.29 is 19.1 Å². The van der Waals surface area contributed by atoms with Gasteiger partial charge in [0, 0.05) is 40.3 Å². The van der Waals surface area contributed by atoms with Gasteiger partial charge in [0.05, 0.1) is 6.61 Å². The van der Waals surface area contributed by atoms with Crippen LogP contribution in [0.2, 0.25) is 5.54 Å². The van der Waals surface area contributed by atoms with Crippen molar-refractivity contribution in [1.82, 2.24) is 10.2 Å². The molecule has 1 spiro atoms. The minimum atomic E-state index is -0.757. The molecule has 3 heterocycles. The molecule has 0 aliphatic carbocycles. The average Bonchev–Trinajstić information content (AvgIpc) is 3.09. The van der Waals surface area contributed by atoms with Gasteiger partial charge in [-0.05, 0) is 49.5 Å². The Morgan fingerprint density at radius 3 is 2.69 bits per heavy atom. The SMILES string of the molecule is O=C1CCC([Si])[C@H](Oc2ccc3c(c2)OCC32CCN(Cc3ccccc3)CC2)C(=O)N1. The van der Waals surface area contributed by atoms with Gasteiger partial charge in [0.15, 0.2) is 6.10 Å². The van der Waals surface area contributed by atoms with Crippen LogP contribution in [0.25, 0.3) is 0 Å². The van der Waals surface area contributed by atoms with Crippen molar-refractivity contribution in [3.05, 3.63) is 59.7 Å². The molecular weight excluding hydrogens is 420 g/mol. The highest BCUT2D eigenvalue weighted by atomic mass is 28.1. The number of hydrogen-bond acceptors (Lipinski definition) is 5. The smallest absolute Gasteiger partial charge is 0.267 e. The Morgan fingerprint density at radius 1 is 1.12 bits per heavy atom. The van der Waals surface area contributed by atoms with Gasteiger partial charge in [-0.3, -0.25) is 19.8 Å². The Labute approximate surface area is 191 Å². The summed E-state index contributed by atoms with van der Waals surface area (Å²) < 4.78 is 12.1. The summed E-state index contributed by atoms with van der Waals surface area (Å²) in [6.07, 6.45) is 2.21. The first-order valence-corrected chi connectivity index (χ1v) is 11.9. The molecule has 1 unspecified atom stereocenters. The van der Waals surface area contributed by atoms with Crippen LogP contribution in [0.4, 0.5) is 0 Å². The predicted octanol–water partition coefficient (Wildman–Crippen LogP) is 2.75. The Morgan fingerprint density at radius 2 is 1.91 bits per heavy atom. The number of rotatable bonds is 4. The van der Waals surface area contributed by atoms with Gasteiger partial charge in [-0.1, -0.05) is 36.4 Å². The van der Waals surface area contributed by atoms with Crippen molar-refractivity contribution in [3.8, 4) is 11.5 Å². The van der Waals surface area contributed by atoms with E-state index in [-0.39, 0.29) is 16.9 Å². The summed E-state index contributed by atoms with van der Waals surface area (Å²) >= 11 is 0. The van der Waals surface area contributed by atoms with E-state index in [1.165, 1.54) is 11.1 Å². The standard InChI is InChI=1S/C25H27N2O4Si/c28-22-9-8-21(32)23(24(29)26-22)31-18-6-7-19-20(14-18)30-16-25(19)10-12-27(13-11-25)15-17-4-2-1-3-5-17/h1-7,14,21,23H,8-13,15-16H2,(H,26,28,29)/t21?,23-/m0/s1. The second-order valence-corrected chi connectivity index (χ2v) is 9.83. The molecule has 165 valence electrons. The largest absolute Gasteiger partial charge is 0.492 e. The Kier molecular flexibility index (Phi) is 5.78. The summed E-state index contributed by atoms with van der Waals surface area (Å²) in [6.45, 7) is 3.75. The van der Waals surface area contributed by atoms with Crippen molar-refractivity contribution >= 4 is 22.1 Å². The zero-order valence-corrected chi connectivity index (χ0v) is 19.0. The number of hydrogen-bond donors (Lipinski definition) is 1. The average molecular weight is 448 g/mol. The number of carbonyl (C=O) groups excluding carboxylic acids is 2. The molecule has 3 aliphatic rings. The fourth-order valence-corrected chi connectivity index (χ4v) is 5.36. The minimum Gasteiger partial charge on any atom is -0.492 e. The molecule has 2 aromatic carbocycles. The quantitative estimate of drug-likeness (QED) is 0.577. The number of piperidine rings is 1. The van der Waals surface area contributed by atoms with E-state index in [9.17, 15) is 9.59 Å². The molecule has 2 fully saturated rings. The maximum atomic E-state index is 12.4. The third-order valence-electron chi connectivity index (χ3n) is 6.92. The Bertz CT molecular complexity index is 1000. The number of amides is 2. The van der Waals surface area contributed by atoms with Crippen molar-refractivity contribution in [2.45, 2.75) is 49.3 Å². The van der Waals surface area contributed by atoms with Crippen LogP contribution in [0.15, 0.2) is 48.5 Å². The van der Waals surface area contributed by atoms with Gasteiger partial charge in [0.25, 0.3) is 5.91 Å². The summed E-state index contributed by atoms with van der Waals surface area (Å²) in [5.41, 5.74) is 2.41. The maximum absolute atomic E-state index is 12.4. The van der Waals surface area contributed by atoms with Crippen LogP contribution in [-0.2, 0) is 21.5 Å². The van der Waals surface area contributed by atoms with Crippen LogP contribution in [0.5, 0.6) is 11.5 Å². The molecule has 3 radical (unpaired) electrons. The highest BCUT2D eigenvalue weighted by molar-refractivity contribution is 6.16. The van der Waals surface area contributed by atoms with E-state index >= 15 is 0 Å². The van der Waals surface area contributed by atoms with Crippen LogP contribution in [-0.4, -0.2) is 52.8 Å². The molecule has 7 heteroatoms. The molecular formula is C25H27N2O4Si. The number of imide groups is 1. The lowest BCUT2D eigenvalue weighted by atomic mass is 9.74. The fourth-order valence-electron chi connectivity index (χ4n) is 5.00. The van der Waals surface area contributed by atoms with Crippen molar-refractivity contribution in [1.29, 1.82) is 0 Å². The first kappa shape index (κ1) is 21.2. The molecule has 1 N–H and O–H groups in total. The van der Waals surface area contributed by atoms with Gasteiger partial charge < -0.3 is 9.47 Å². The third kappa shape index (κ3) is 4.19. The summed E-state index contributed by atoms with van der Waals surface area (Å²) in [5, 5.41) is 2.39. The summed E-state index contributed by atoms with van der Waals surface area (Å²) in [6, 6.07) is 16.5. The summed E-state index contributed by atoms with van der Waals surface area (Å²) in [7, 11) is 3.56. The summed E-state index contributed by atoms with van der Waals surface area (Å²) in [5.74, 6) is 0.757. The molecule has 0 bridgehead atoms. The molecule has 2 aromatic rings. The monoisotopic (exact) mass is 447 g/mol. The molecule has 2 saturated heterocycles. The molecule has 2 atom stereocenters. The molecule has 0 aromatic heterocycles. The third-order valence-corrected chi connectivity index (χ3v) is 7.51. The molecule has 2 amide bonds. The van der Waals surface area contributed by atoms with Crippen molar-refractivity contribution in [2.75, 3.05) is 19.7 Å². The molecule has 32 heavy (non-hydrogen) atoms. The number of benzene rings is 2. The van der Waals surface area contributed by atoms with E-state index in [1.54, 1.807) is 0 Å². The van der Waals surface area contributed by atoms with Crippen LogP contribution in [0, 0.1) is 0 Å². The Balaban J connectivity index is 1.26. The van der Waals surface area contributed by atoms with Crippen LogP contribution < -0.4 is 14.8 Å². The number of nitrogens with zero attached hydrogens (tertiary/aromatic N) is 1. The topological polar surface area (TPSA) is 67.9 Å². The van der Waals surface area contributed by atoms with Crippen molar-refractivity contribution in [3.63, 3.8) is 0 Å². The zero-order valence-electron chi connectivity index (χ0n) is 18.0. The van der Waals surface area contributed by atoms with Gasteiger partial charge in [0.1, 0.15) is 11.5 Å². The number of nitrogens with one attached hydrogen (secondary N) is 1. The van der Waals surface area contributed by atoms with E-state index in [4.69, 9.17) is 9.47 Å². The van der Waals surface area contributed by atoms with Gasteiger partial charge >= 0.3 is 0 Å². The number of ether oxygens (including phenoxy) is 2. The summed E-state index contributed by atoms with van der Waals surface area (Å²) in [4.78, 5) is 26.5. The fraction of sp³-hybridized carbons (Fsp3) is 0.440. The van der Waals surface area contributed by atoms with E-state index in [0.29, 0.717) is 25.2 Å². The van der Waals surface area contributed by atoms with Gasteiger partial charge in [-0.25, -0.2) is 0 Å². The minimum absolute atomic E-state index is 0.0464. The molecule has 3 aliphatic heterocycles.